The Hall–Kier alpha value is -4.20. The number of nitrogens with one attached hydrogen (secondary N) is 1. The third-order valence-corrected chi connectivity index (χ3v) is 5.58. The van der Waals surface area contributed by atoms with Crippen LogP contribution in [0.1, 0.15) is 19.3 Å². The highest BCUT2D eigenvalue weighted by Gasteiger charge is 2.21. The molecule has 0 atom stereocenters. The molecule has 0 aliphatic heterocycles. The van der Waals surface area contributed by atoms with Gasteiger partial charge in [0.25, 0.3) is 0 Å². The first-order chi connectivity index (χ1) is 15.6. The number of carbonyl (C=O) groups excluding carboxylic acids is 1. The molecule has 2 aromatic heterocycles. The minimum atomic E-state index is -0.265. The third kappa shape index (κ3) is 3.66. The molecule has 32 heavy (non-hydrogen) atoms. The van der Waals surface area contributed by atoms with Crippen molar-refractivity contribution in [2.24, 2.45) is 0 Å². The summed E-state index contributed by atoms with van der Waals surface area (Å²) in [6, 6.07) is 15.3. The molecule has 5 rings (SSSR count). The van der Waals surface area contributed by atoms with Crippen LogP contribution in [0, 0.1) is 0 Å². The van der Waals surface area contributed by atoms with E-state index in [1.54, 1.807) is 0 Å². The van der Waals surface area contributed by atoms with Crippen molar-refractivity contribution in [1.29, 1.82) is 0 Å². The molecule has 1 saturated carbocycles. The van der Waals surface area contributed by atoms with Gasteiger partial charge >= 0.3 is 0 Å². The first-order valence-electron chi connectivity index (χ1n) is 10.4. The number of hydrogen-bond acceptors (Lipinski definition) is 6. The highest BCUT2D eigenvalue weighted by atomic mass is 16.5. The van der Waals surface area contributed by atoms with E-state index >= 15 is 0 Å². The van der Waals surface area contributed by atoms with Gasteiger partial charge in [-0.3, -0.25) is 4.79 Å². The molecule has 2 heterocycles. The van der Waals surface area contributed by atoms with E-state index in [4.69, 9.17) is 10.5 Å². The summed E-state index contributed by atoms with van der Waals surface area (Å²) in [5, 5.41) is 11.7. The first-order valence-corrected chi connectivity index (χ1v) is 10.4. The summed E-state index contributed by atoms with van der Waals surface area (Å²) in [6.07, 6.45) is 6.37. The van der Waals surface area contributed by atoms with Gasteiger partial charge in [0.1, 0.15) is 23.3 Å². The van der Waals surface area contributed by atoms with Crippen molar-refractivity contribution in [3.8, 4) is 28.1 Å². The Kier molecular flexibility index (Phi) is 5.03. The number of hydrogen-bond donors (Lipinski definition) is 2. The lowest BCUT2D eigenvalue weighted by Gasteiger charge is -2.26. The number of nitrogens with zero attached hydrogens (tertiary/aromatic N) is 4. The summed E-state index contributed by atoms with van der Waals surface area (Å²) in [7, 11) is 0. The number of nitrogen functional groups attached to an aromatic ring is 1. The van der Waals surface area contributed by atoms with Crippen molar-refractivity contribution in [3.05, 3.63) is 67.5 Å². The Bertz CT molecular complexity index is 1290. The summed E-state index contributed by atoms with van der Waals surface area (Å²) >= 11 is 0. The lowest BCUT2D eigenvalue weighted by molar-refractivity contribution is -0.111. The number of aromatic nitrogens is 4. The van der Waals surface area contributed by atoms with E-state index in [0.29, 0.717) is 28.8 Å². The highest BCUT2D eigenvalue weighted by molar-refractivity contribution is 5.99. The third-order valence-electron chi connectivity index (χ3n) is 5.58. The van der Waals surface area contributed by atoms with Gasteiger partial charge in [-0.2, -0.15) is 0 Å². The van der Waals surface area contributed by atoms with Gasteiger partial charge < -0.3 is 15.8 Å². The van der Waals surface area contributed by atoms with Gasteiger partial charge in [-0.1, -0.05) is 30.8 Å². The molecule has 160 valence electrons. The maximum absolute atomic E-state index is 11.6. The van der Waals surface area contributed by atoms with Crippen LogP contribution in [0.15, 0.2) is 67.5 Å². The van der Waals surface area contributed by atoms with Gasteiger partial charge in [0, 0.05) is 16.8 Å². The summed E-state index contributed by atoms with van der Waals surface area (Å²) in [6.45, 7) is 3.47. The number of rotatable bonds is 6. The second-order valence-electron chi connectivity index (χ2n) is 7.67. The fraction of sp³-hybridized carbons (Fsp3) is 0.167. The van der Waals surface area contributed by atoms with Gasteiger partial charge in [-0.25, -0.2) is 4.98 Å². The van der Waals surface area contributed by atoms with E-state index in [9.17, 15) is 4.79 Å². The molecule has 1 amide bonds. The maximum Gasteiger partial charge on any atom is 0.247 e. The second kappa shape index (κ2) is 8.14. The second-order valence-corrected chi connectivity index (χ2v) is 7.67. The van der Waals surface area contributed by atoms with Crippen LogP contribution in [0.2, 0.25) is 0 Å². The Morgan fingerprint density at radius 3 is 2.50 bits per heavy atom. The van der Waals surface area contributed by atoms with E-state index in [1.165, 1.54) is 23.5 Å². The summed E-state index contributed by atoms with van der Waals surface area (Å²) in [4.78, 5) is 15.7. The zero-order valence-corrected chi connectivity index (χ0v) is 17.4. The SMILES string of the molecule is C=CC(=O)Nc1ccc(-c2nn3ncnc(N)c3c2-c2ccc(OC3CCC3)cc2)cc1. The van der Waals surface area contributed by atoms with Gasteiger partial charge in [-0.05, 0) is 55.2 Å². The van der Waals surface area contributed by atoms with Crippen molar-refractivity contribution in [2.75, 3.05) is 11.1 Å². The van der Waals surface area contributed by atoms with E-state index in [-0.39, 0.29) is 5.91 Å². The smallest absolute Gasteiger partial charge is 0.247 e. The standard InChI is InChI=1S/C24H22N6O2/c1-2-20(31)28-17-10-6-16(7-11-17)22-21(23-24(25)26-14-27-30(23)29-22)15-8-12-19(13-9-15)32-18-4-3-5-18/h2,6-14,18H,1,3-5H2,(H,28,31)(H2,25,26,27). The van der Waals surface area contributed by atoms with Crippen LogP contribution >= 0.6 is 0 Å². The Labute approximate surface area is 184 Å². The molecule has 1 aliphatic rings. The topological polar surface area (TPSA) is 107 Å². The average Bonchev–Trinajstić information content (AvgIpc) is 3.18. The van der Waals surface area contributed by atoms with Crippen molar-refractivity contribution in [3.63, 3.8) is 0 Å². The summed E-state index contributed by atoms with van der Waals surface area (Å²) in [5.41, 5.74) is 10.9. The van der Waals surface area contributed by atoms with Crippen molar-refractivity contribution in [1.82, 2.24) is 19.8 Å². The monoisotopic (exact) mass is 426 g/mol. The molecule has 8 nitrogen and oxygen atoms in total. The normalized spacial score (nSPS) is 13.5. The Morgan fingerprint density at radius 1 is 1.12 bits per heavy atom. The molecule has 1 fully saturated rings. The molecule has 0 saturated heterocycles. The quantitative estimate of drug-likeness (QED) is 0.450. The fourth-order valence-electron chi connectivity index (χ4n) is 3.68. The van der Waals surface area contributed by atoms with Crippen molar-refractivity contribution in [2.45, 2.75) is 25.4 Å². The van der Waals surface area contributed by atoms with Gasteiger partial charge in [0.05, 0.1) is 6.10 Å². The van der Waals surface area contributed by atoms with Crippen LogP contribution in [0.3, 0.4) is 0 Å². The number of fused-ring (bicyclic) bond motifs is 1. The van der Waals surface area contributed by atoms with E-state index < -0.39 is 0 Å². The Balaban J connectivity index is 1.56. The van der Waals surface area contributed by atoms with Gasteiger partial charge in [0.15, 0.2) is 5.82 Å². The molecular formula is C24H22N6O2. The zero-order valence-electron chi connectivity index (χ0n) is 17.4. The van der Waals surface area contributed by atoms with Crippen LogP contribution < -0.4 is 15.8 Å². The minimum Gasteiger partial charge on any atom is -0.490 e. The molecule has 2 aromatic carbocycles. The van der Waals surface area contributed by atoms with Crippen LogP contribution in [0.5, 0.6) is 5.75 Å². The lowest BCUT2D eigenvalue weighted by atomic mass is 9.96. The van der Waals surface area contributed by atoms with Crippen molar-refractivity contribution >= 4 is 22.9 Å². The molecule has 0 unspecified atom stereocenters. The van der Waals surface area contributed by atoms with Crippen LogP contribution in [-0.2, 0) is 4.79 Å². The molecule has 3 N–H and O–H groups in total. The number of carbonyl (C=O) groups is 1. The lowest BCUT2D eigenvalue weighted by Crippen LogP contribution is -2.24. The fourth-order valence-corrected chi connectivity index (χ4v) is 3.68. The molecule has 0 spiro atoms. The predicted molar refractivity (Wildman–Crippen MR) is 123 cm³/mol. The van der Waals surface area contributed by atoms with E-state index in [0.717, 1.165) is 35.3 Å². The highest BCUT2D eigenvalue weighted by Crippen LogP contribution is 2.38. The average molecular weight is 426 g/mol. The molecule has 1 aliphatic carbocycles. The van der Waals surface area contributed by atoms with Gasteiger partial charge in [0.2, 0.25) is 5.91 Å². The van der Waals surface area contributed by atoms with Crippen LogP contribution in [0.25, 0.3) is 27.9 Å². The first kappa shape index (κ1) is 19.7. The van der Waals surface area contributed by atoms with Crippen LogP contribution in [0.4, 0.5) is 11.5 Å². The number of benzene rings is 2. The number of amides is 1. The summed E-state index contributed by atoms with van der Waals surface area (Å²) < 4.78 is 7.49. The largest absolute Gasteiger partial charge is 0.490 e. The molecule has 8 heteroatoms. The number of anilines is 2. The van der Waals surface area contributed by atoms with Crippen molar-refractivity contribution < 1.29 is 9.53 Å². The van der Waals surface area contributed by atoms with E-state index in [2.05, 4.69) is 27.1 Å². The Morgan fingerprint density at radius 2 is 1.84 bits per heavy atom. The van der Waals surface area contributed by atoms with E-state index in [1.807, 2.05) is 48.5 Å². The molecule has 0 radical (unpaired) electrons. The minimum absolute atomic E-state index is 0.265. The molecule has 0 bridgehead atoms. The molecule has 4 aromatic rings. The predicted octanol–water partition coefficient (Wildman–Crippen LogP) is 4.10. The zero-order chi connectivity index (χ0) is 22.1. The van der Waals surface area contributed by atoms with Crippen LogP contribution in [-0.4, -0.2) is 31.8 Å². The number of ether oxygens (including phenoxy) is 1. The van der Waals surface area contributed by atoms with Gasteiger partial charge in [-0.15, -0.1) is 14.8 Å². The summed E-state index contributed by atoms with van der Waals surface area (Å²) in [5.74, 6) is 0.930. The maximum atomic E-state index is 11.6. The molecular weight excluding hydrogens is 404 g/mol. The number of nitrogens with two attached hydrogens (primary N) is 1.